The molecule has 2 atom stereocenters. The lowest BCUT2D eigenvalue weighted by molar-refractivity contribution is -0.136. The van der Waals surface area contributed by atoms with Crippen molar-refractivity contribution in [1.82, 2.24) is 14.8 Å². The lowest BCUT2D eigenvalue weighted by Crippen LogP contribution is -2.47. The minimum absolute atomic E-state index is 0.0273. The van der Waals surface area contributed by atoms with Gasteiger partial charge in [-0.25, -0.2) is 0 Å². The molecule has 2 heterocycles. The fourth-order valence-corrected chi connectivity index (χ4v) is 5.29. The molecule has 1 aliphatic heterocycles. The highest BCUT2D eigenvalue weighted by molar-refractivity contribution is 5.81. The van der Waals surface area contributed by atoms with Gasteiger partial charge in [0.05, 0.1) is 18.6 Å². The number of amides is 1. The molecule has 3 aliphatic rings. The Bertz CT molecular complexity index is 1100. The Morgan fingerprint density at radius 1 is 1.18 bits per heavy atom. The second-order valence-corrected chi connectivity index (χ2v) is 11.2. The molecule has 2 saturated carbocycles. The summed E-state index contributed by atoms with van der Waals surface area (Å²) in [5.74, 6) is 0.684. The first kappa shape index (κ1) is 30.3. The maximum absolute atomic E-state index is 14.2. The molecular weight excluding hydrogens is 506 g/mol. The summed E-state index contributed by atoms with van der Waals surface area (Å²) < 4.78 is 18.5. The van der Waals surface area contributed by atoms with Crippen molar-refractivity contribution in [2.75, 3.05) is 46.6 Å². The van der Waals surface area contributed by atoms with Crippen molar-refractivity contribution in [1.29, 1.82) is 0 Å². The average Bonchev–Trinajstić information content (AvgIpc) is 3.89. The van der Waals surface area contributed by atoms with E-state index in [4.69, 9.17) is 14.2 Å². The van der Waals surface area contributed by atoms with Crippen LogP contribution < -0.4 is 10.9 Å². The predicted molar refractivity (Wildman–Crippen MR) is 157 cm³/mol. The van der Waals surface area contributed by atoms with Crippen molar-refractivity contribution >= 4 is 5.91 Å². The molecule has 8 nitrogen and oxygen atoms in total. The minimum Gasteiger partial charge on any atom is -0.491 e. The first-order chi connectivity index (χ1) is 19.5. The van der Waals surface area contributed by atoms with E-state index in [1.165, 1.54) is 0 Å². The van der Waals surface area contributed by atoms with Crippen molar-refractivity contribution in [3.8, 4) is 0 Å². The maximum atomic E-state index is 14.2. The fourth-order valence-electron chi connectivity index (χ4n) is 5.29. The zero-order valence-electron chi connectivity index (χ0n) is 24.3. The molecule has 40 heavy (non-hydrogen) atoms. The number of aryl methyl sites for hydroxylation is 1. The number of methoxy groups -OCH3 is 1. The summed E-state index contributed by atoms with van der Waals surface area (Å²) in [6.07, 6.45) is 16.3. The van der Waals surface area contributed by atoms with Crippen molar-refractivity contribution < 1.29 is 19.0 Å². The summed E-state index contributed by atoms with van der Waals surface area (Å²) in [6, 6.07) is 3.95. The molecule has 0 spiro atoms. The molecule has 2 aliphatic carbocycles. The molecule has 0 aromatic carbocycles. The van der Waals surface area contributed by atoms with Gasteiger partial charge in [-0.2, -0.15) is 0 Å². The van der Waals surface area contributed by atoms with E-state index in [-0.39, 0.29) is 29.3 Å². The van der Waals surface area contributed by atoms with Crippen LogP contribution in [0.5, 0.6) is 0 Å². The molecule has 3 fully saturated rings. The van der Waals surface area contributed by atoms with Crippen LogP contribution >= 0.6 is 0 Å². The first-order valence-electron chi connectivity index (χ1n) is 14.9. The number of carbonyl (C=O) groups is 1. The Morgan fingerprint density at radius 2 is 2.00 bits per heavy atom. The van der Waals surface area contributed by atoms with E-state index >= 15 is 0 Å². The highest BCUT2D eigenvalue weighted by Gasteiger charge is 2.40. The van der Waals surface area contributed by atoms with Gasteiger partial charge in [-0.3, -0.25) is 9.59 Å². The average molecular weight is 554 g/mol. The van der Waals surface area contributed by atoms with Gasteiger partial charge in [0.15, 0.2) is 0 Å². The minimum atomic E-state index is -0.205. The molecule has 220 valence electrons. The third-order valence-electron chi connectivity index (χ3n) is 7.95. The zero-order chi connectivity index (χ0) is 28.3. The van der Waals surface area contributed by atoms with Crippen LogP contribution in [0, 0.1) is 5.92 Å². The normalized spacial score (nSPS) is 21.8. The molecule has 1 saturated heterocycles. The smallest absolute Gasteiger partial charge is 0.250 e. The molecule has 0 radical (unpaired) electrons. The first-order valence-corrected chi connectivity index (χ1v) is 14.9. The lowest BCUT2D eigenvalue weighted by Gasteiger charge is -2.36. The number of hydrogen-bond donors (Lipinski definition) is 1. The van der Waals surface area contributed by atoms with Gasteiger partial charge in [0, 0.05) is 52.2 Å². The van der Waals surface area contributed by atoms with Gasteiger partial charge in [0.2, 0.25) is 5.91 Å². The summed E-state index contributed by atoms with van der Waals surface area (Å²) in [5, 5.41) is 3.43. The number of carbonyl (C=O) groups excluding carboxylic acids is 1. The number of unbranched alkanes of at least 4 members (excludes halogenated alkanes) is 2. The summed E-state index contributed by atoms with van der Waals surface area (Å²) in [7, 11) is 3.48. The van der Waals surface area contributed by atoms with E-state index in [0.29, 0.717) is 38.2 Å². The summed E-state index contributed by atoms with van der Waals surface area (Å²) in [6.45, 7) is 7.74. The van der Waals surface area contributed by atoms with Gasteiger partial charge in [-0.15, -0.1) is 0 Å². The van der Waals surface area contributed by atoms with E-state index in [1.807, 2.05) is 18.3 Å². The molecule has 1 aromatic rings. The predicted octanol–water partition coefficient (Wildman–Crippen LogP) is 4.08. The molecule has 0 bridgehead atoms. The Morgan fingerprint density at radius 3 is 2.70 bits per heavy atom. The quantitative estimate of drug-likeness (QED) is 0.178. The number of piperidine rings is 1. The van der Waals surface area contributed by atoms with Gasteiger partial charge in [-0.05, 0) is 93.2 Å². The largest absolute Gasteiger partial charge is 0.491 e. The number of ether oxygens (including phenoxy) is 3. The van der Waals surface area contributed by atoms with Gasteiger partial charge >= 0.3 is 0 Å². The third kappa shape index (κ3) is 9.18. The van der Waals surface area contributed by atoms with Crippen LogP contribution in [-0.4, -0.2) is 74.1 Å². The Hall–Kier alpha value is -2.68. The van der Waals surface area contributed by atoms with Crippen molar-refractivity contribution in [2.45, 2.75) is 69.4 Å². The van der Waals surface area contributed by atoms with E-state index in [0.717, 1.165) is 75.7 Å². The lowest BCUT2D eigenvalue weighted by atomic mass is 9.80. The van der Waals surface area contributed by atoms with Gasteiger partial charge in [0.1, 0.15) is 12.4 Å². The summed E-state index contributed by atoms with van der Waals surface area (Å²) >= 11 is 0. The summed E-state index contributed by atoms with van der Waals surface area (Å²) in [5.41, 5.74) is 1.98. The number of aromatic nitrogens is 1. The van der Waals surface area contributed by atoms with E-state index < -0.39 is 0 Å². The fraction of sp³-hybridized carbons (Fsp3) is 0.625. The molecule has 4 rings (SSSR count). The standard InChI is InChI=1S/C32H47N3O5/c1-4-27(39-18-19-40-28-11-12-28)20-24(8-6-5-7-17-38-3)23-35(26-9-10-26)32(37)30-22-33-15-13-29(30)25-14-16-34(2)31(36)21-25/h4,8,14,16,20-21,26,28-30,33H,1,5-7,9-13,15,17-19,22-23H2,2-3H3/b24-8+,27-20+/t29-,30+/m1/s1. The number of rotatable bonds is 17. The number of pyridine rings is 1. The van der Waals surface area contributed by atoms with Crippen LogP contribution in [0.3, 0.4) is 0 Å². The van der Waals surface area contributed by atoms with E-state index in [2.05, 4.69) is 22.9 Å². The van der Waals surface area contributed by atoms with Crippen LogP contribution in [0.2, 0.25) is 0 Å². The monoisotopic (exact) mass is 553 g/mol. The van der Waals surface area contributed by atoms with Crippen LogP contribution in [0.15, 0.2) is 59.3 Å². The molecule has 8 heteroatoms. The van der Waals surface area contributed by atoms with Crippen LogP contribution in [0.1, 0.15) is 62.8 Å². The van der Waals surface area contributed by atoms with Crippen molar-refractivity contribution in [2.24, 2.45) is 13.0 Å². The second kappa shape index (κ2) is 15.4. The molecule has 1 N–H and O–H groups in total. The molecule has 1 aromatic heterocycles. The van der Waals surface area contributed by atoms with E-state index in [9.17, 15) is 9.59 Å². The topological polar surface area (TPSA) is 82.0 Å². The number of allylic oxidation sites excluding steroid dienone is 2. The highest BCUT2D eigenvalue weighted by atomic mass is 16.5. The van der Waals surface area contributed by atoms with Crippen molar-refractivity contribution in [3.63, 3.8) is 0 Å². The highest BCUT2D eigenvalue weighted by Crippen LogP contribution is 2.35. The van der Waals surface area contributed by atoms with Gasteiger partial charge < -0.3 is 29.0 Å². The third-order valence-corrected chi connectivity index (χ3v) is 7.95. The SMILES string of the molecule is C=C/C(=C\C(=C/CCCCOC)CN(C(=O)[C@H]1CNCC[C@@H]1c1ccn(C)c(=O)c1)C1CC1)OCCOC1CC1. The number of nitrogens with zero attached hydrogens (tertiary/aromatic N) is 2. The van der Waals surface area contributed by atoms with E-state index in [1.54, 1.807) is 30.9 Å². The van der Waals surface area contributed by atoms with Crippen LogP contribution in [0.25, 0.3) is 0 Å². The van der Waals surface area contributed by atoms with Gasteiger partial charge in [-0.1, -0.05) is 12.7 Å². The Kier molecular flexibility index (Phi) is 11.6. The number of nitrogens with one attached hydrogen (secondary N) is 1. The summed E-state index contributed by atoms with van der Waals surface area (Å²) in [4.78, 5) is 28.6. The van der Waals surface area contributed by atoms with Gasteiger partial charge in [0.25, 0.3) is 5.56 Å². The Labute approximate surface area is 239 Å². The van der Waals surface area contributed by atoms with Crippen LogP contribution in [-0.2, 0) is 26.1 Å². The van der Waals surface area contributed by atoms with Crippen LogP contribution in [0.4, 0.5) is 0 Å². The molecule has 0 unspecified atom stereocenters. The maximum Gasteiger partial charge on any atom is 0.250 e. The Balaban J connectivity index is 1.49. The molecule has 1 amide bonds. The van der Waals surface area contributed by atoms with Crippen molar-refractivity contribution in [3.05, 3.63) is 70.4 Å². The zero-order valence-corrected chi connectivity index (χ0v) is 24.3. The second-order valence-electron chi connectivity index (χ2n) is 11.2. The molecular formula is C32H47N3O5. The number of hydrogen-bond acceptors (Lipinski definition) is 6.